The van der Waals surface area contributed by atoms with E-state index in [2.05, 4.69) is 23.8 Å². The van der Waals surface area contributed by atoms with E-state index in [1.54, 1.807) is 0 Å². The Balaban J connectivity index is 2.00. The molecule has 5 heteroatoms. The molecule has 1 atom stereocenters. The zero-order valence-electron chi connectivity index (χ0n) is 10.8. The van der Waals surface area contributed by atoms with Gasteiger partial charge in [0, 0.05) is 38.4 Å². The quantitative estimate of drug-likeness (QED) is 0.829. The van der Waals surface area contributed by atoms with Crippen molar-refractivity contribution < 1.29 is 9.84 Å². The van der Waals surface area contributed by atoms with E-state index >= 15 is 0 Å². The molecule has 0 radical (unpaired) electrons. The first kappa shape index (κ1) is 12.5. The Hall–Kier alpha value is -0.910. The Morgan fingerprint density at radius 1 is 1.59 bits per heavy atom. The lowest BCUT2D eigenvalue weighted by atomic mass is 10.0. The monoisotopic (exact) mass is 239 g/mol. The van der Waals surface area contributed by atoms with Gasteiger partial charge in [0.05, 0.1) is 24.5 Å². The minimum absolute atomic E-state index is 0.0764. The van der Waals surface area contributed by atoms with Crippen LogP contribution in [0.5, 0.6) is 0 Å². The lowest BCUT2D eigenvalue weighted by Crippen LogP contribution is -2.53. The maximum atomic E-state index is 9.24. The minimum atomic E-state index is -0.201. The van der Waals surface area contributed by atoms with E-state index in [0.717, 1.165) is 19.6 Å². The molecule has 2 heterocycles. The standard InChI is InChI=1S/C12H21N3O2/c1-12(2)9-15(7-11(8-16)17-12)6-10-4-13-14(3)5-10/h4-5,11,16H,6-9H2,1-3H3. The summed E-state index contributed by atoms with van der Waals surface area (Å²) < 4.78 is 7.59. The van der Waals surface area contributed by atoms with Gasteiger partial charge < -0.3 is 9.84 Å². The second-order valence-corrected chi connectivity index (χ2v) is 5.37. The van der Waals surface area contributed by atoms with Crippen molar-refractivity contribution in [2.24, 2.45) is 7.05 Å². The molecule has 0 saturated carbocycles. The highest BCUT2D eigenvalue weighted by molar-refractivity contribution is 5.04. The maximum absolute atomic E-state index is 9.24. The van der Waals surface area contributed by atoms with E-state index in [1.165, 1.54) is 5.56 Å². The molecule has 17 heavy (non-hydrogen) atoms. The zero-order valence-corrected chi connectivity index (χ0v) is 10.8. The molecular formula is C12H21N3O2. The highest BCUT2D eigenvalue weighted by atomic mass is 16.5. The van der Waals surface area contributed by atoms with Crippen LogP contribution in [0.25, 0.3) is 0 Å². The minimum Gasteiger partial charge on any atom is -0.394 e. The lowest BCUT2D eigenvalue weighted by Gasteiger charge is -2.42. The summed E-state index contributed by atoms with van der Waals surface area (Å²) in [5.41, 5.74) is 0.996. The fourth-order valence-electron chi connectivity index (χ4n) is 2.44. The molecule has 1 fully saturated rings. The number of aryl methyl sites for hydroxylation is 1. The van der Waals surface area contributed by atoms with Gasteiger partial charge in [-0.25, -0.2) is 0 Å². The van der Waals surface area contributed by atoms with E-state index < -0.39 is 0 Å². The van der Waals surface area contributed by atoms with Crippen LogP contribution in [-0.4, -0.2) is 51.2 Å². The van der Waals surface area contributed by atoms with Gasteiger partial charge in [-0.15, -0.1) is 0 Å². The third kappa shape index (κ3) is 3.28. The molecule has 1 saturated heterocycles. The van der Waals surface area contributed by atoms with E-state index in [9.17, 15) is 5.11 Å². The first-order valence-corrected chi connectivity index (χ1v) is 5.97. The number of nitrogens with zero attached hydrogens (tertiary/aromatic N) is 3. The van der Waals surface area contributed by atoms with Gasteiger partial charge in [-0.05, 0) is 13.8 Å². The number of aromatic nitrogens is 2. The molecule has 0 spiro atoms. The van der Waals surface area contributed by atoms with Gasteiger partial charge in [-0.1, -0.05) is 0 Å². The molecule has 0 bridgehead atoms. The normalized spacial score (nSPS) is 25.1. The molecule has 1 aliphatic heterocycles. The topological polar surface area (TPSA) is 50.5 Å². The number of rotatable bonds is 3. The number of morpholine rings is 1. The SMILES string of the molecule is Cn1cc(CN2CC(CO)OC(C)(C)C2)cn1. The molecule has 5 nitrogen and oxygen atoms in total. The molecule has 1 aliphatic rings. The second kappa shape index (κ2) is 4.76. The van der Waals surface area contributed by atoms with Gasteiger partial charge in [0.25, 0.3) is 0 Å². The first-order valence-electron chi connectivity index (χ1n) is 5.97. The summed E-state index contributed by atoms with van der Waals surface area (Å²) in [5.74, 6) is 0. The van der Waals surface area contributed by atoms with Crippen molar-refractivity contribution in [3.63, 3.8) is 0 Å². The summed E-state index contributed by atoms with van der Waals surface area (Å²) in [7, 11) is 1.92. The second-order valence-electron chi connectivity index (χ2n) is 5.37. The Morgan fingerprint density at radius 3 is 2.94 bits per heavy atom. The zero-order chi connectivity index (χ0) is 12.5. The van der Waals surface area contributed by atoms with E-state index in [1.807, 2.05) is 24.1 Å². The van der Waals surface area contributed by atoms with Gasteiger partial charge in [0.1, 0.15) is 0 Å². The Bertz CT molecular complexity index is 376. The Kier molecular flexibility index (Phi) is 3.51. The molecule has 0 aliphatic carbocycles. The lowest BCUT2D eigenvalue weighted by molar-refractivity contribution is -0.150. The number of hydrogen-bond acceptors (Lipinski definition) is 4. The van der Waals surface area contributed by atoms with Crippen molar-refractivity contribution >= 4 is 0 Å². The summed E-state index contributed by atoms with van der Waals surface area (Å²) in [6.45, 7) is 6.70. The third-order valence-corrected chi connectivity index (χ3v) is 2.92. The fraction of sp³-hybridized carbons (Fsp3) is 0.750. The number of aliphatic hydroxyl groups excluding tert-OH is 1. The van der Waals surface area contributed by atoms with Gasteiger partial charge in [0.15, 0.2) is 0 Å². The molecule has 2 rings (SSSR count). The summed E-state index contributed by atoms with van der Waals surface area (Å²) >= 11 is 0. The summed E-state index contributed by atoms with van der Waals surface area (Å²) in [5, 5.41) is 13.4. The summed E-state index contributed by atoms with van der Waals surface area (Å²) in [4.78, 5) is 2.31. The van der Waals surface area contributed by atoms with Gasteiger partial charge in [0.2, 0.25) is 0 Å². The van der Waals surface area contributed by atoms with Crippen molar-refractivity contribution in [2.45, 2.75) is 32.1 Å². The smallest absolute Gasteiger partial charge is 0.0940 e. The molecule has 1 unspecified atom stereocenters. The van der Waals surface area contributed by atoms with Crippen LogP contribution in [0.4, 0.5) is 0 Å². The molecule has 1 aromatic heterocycles. The number of ether oxygens (including phenoxy) is 1. The van der Waals surface area contributed by atoms with Crippen LogP contribution in [0.1, 0.15) is 19.4 Å². The van der Waals surface area contributed by atoms with Crippen LogP contribution in [0.15, 0.2) is 12.4 Å². The maximum Gasteiger partial charge on any atom is 0.0940 e. The van der Waals surface area contributed by atoms with Crippen molar-refractivity contribution in [1.82, 2.24) is 14.7 Å². The van der Waals surface area contributed by atoms with Crippen LogP contribution in [-0.2, 0) is 18.3 Å². The molecule has 0 aromatic carbocycles. The molecule has 1 N–H and O–H groups in total. The Labute approximate surface area is 102 Å². The third-order valence-electron chi connectivity index (χ3n) is 2.92. The van der Waals surface area contributed by atoms with Crippen molar-refractivity contribution in [1.29, 1.82) is 0 Å². The fourth-order valence-corrected chi connectivity index (χ4v) is 2.44. The van der Waals surface area contributed by atoms with Crippen LogP contribution in [0.3, 0.4) is 0 Å². The predicted octanol–water partition coefficient (Wildman–Crippen LogP) is 0.392. The highest BCUT2D eigenvalue weighted by Gasteiger charge is 2.32. The van der Waals surface area contributed by atoms with E-state index in [-0.39, 0.29) is 18.3 Å². The van der Waals surface area contributed by atoms with Crippen LogP contribution in [0.2, 0.25) is 0 Å². The Morgan fingerprint density at radius 2 is 2.35 bits per heavy atom. The first-order chi connectivity index (χ1) is 7.98. The van der Waals surface area contributed by atoms with E-state index in [0.29, 0.717) is 0 Å². The van der Waals surface area contributed by atoms with Crippen molar-refractivity contribution in [3.05, 3.63) is 18.0 Å². The van der Waals surface area contributed by atoms with Crippen LogP contribution in [0, 0.1) is 0 Å². The van der Waals surface area contributed by atoms with Gasteiger partial charge in [-0.2, -0.15) is 5.10 Å². The van der Waals surface area contributed by atoms with Gasteiger partial charge >= 0.3 is 0 Å². The highest BCUT2D eigenvalue weighted by Crippen LogP contribution is 2.22. The van der Waals surface area contributed by atoms with Crippen LogP contribution < -0.4 is 0 Å². The van der Waals surface area contributed by atoms with Crippen molar-refractivity contribution in [2.75, 3.05) is 19.7 Å². The summed E-state index contributed by atoms with van der Waals surface area (Å²) in [6.07, 6.45) is 3.82. The van der Waals surface area contributed by atoms with Crippen LogP contribution >= 0.6 is 0 Å². The molecule has 0 amide bonds. The van der Waals surface area contributed by atoms with Gasteiger partial charge in [-0.3, -0.25) is 9.58 Å². The summed E-state index contributed by atoms with van der Waals surface area (Å²) in [6, 6.07) is 0. The van der Waals surface area contributed by atoms with Crippen molar-refractivity contribution in [3.8, 4) is 0 Å². The largest absolute Gasteiger partial charge is 0.394 e. The molecular weight excluding hydrogens is 218 g/mol. The van der Waals surface area contributed by atoms with E-state index in [4.69, 9.17) is 4.74 Å². The molecule has 96 valence electrons. The average Bonchev–Trinajstić information content (AvgIpc) is 2.61. The number of aliphatic hydroxyl groups is 1. The average molecular weight is 239 g/mol. The predicted molar refractivity (Wildman–Crippen MR) is 64.5 cm³/mol. The number of hydrogen-bond donors (Lipinski definition) is 1. The molecule has 1 aromatic rings.